The Morgan fingerprint density at radius 2 is 1.92 bits per heavy atom. The third kappa shape index (κ3) is 4.05. The summed E-state index contributed by atoms with van der Waals surface area (Å²) in [6, 6.07) is 16.0. The summed E-state index contributed by atoms with van der Waals surface area (Å²) in [5, 5.41) is 10.5. The molecule has 1 fully saturated rings. The lowest BCUT2D eigenvalue weighted by atomic mass is 9.83. The number of hydrogen-bond donors (Lipinski definition) is 1. The van der Waals surface area contributed by atoms with E-state index < -0.39 is 0 Å². The lowest BCUT2D eigenvalue weighted by Crippen LogP contribution is -2.49. The summed E-state index contributed by atoms with van der Waals surface area (Å²) in [4.78, 5) is 14.5. The van der Waals surface area contributed by atoms with Crippen LogP contribution in [0.15, 0.2) is 53.3 Å². The Hall–Kier alpha value is -1.56. The van der Waals surface area contributed by atoms with E-state index >= 15 is 0 Å². The molecule has 2 bridgehead atoms. The van der Waals surface area contributed by atoms with Crippen LogP contribution in [0.1, 0.15) is 23.6 Å². The molecule has 26 heavy (non-hydrogen) atoms. The molecule has 1 saturated heterocycles. The van der Waals surface area contributed by atoms with Gasteiger partial charge in [-0.15, -0.1) is 0 Å². The molecule has 2 aromatic rings. The van der Waals surface area contributed by atoms with E-state index in [1.54, 1.807) is 17.8 Å². The minimum Gasteiger partial charge on any atom is -0.391 e. The highest BCUT2D eigenvalue weighted by Gasteiger charge is 2.34. The number of aliphatic hydroxyl groups excluding tert-OH is 1. The van der Waals surface area contributed by atoms with E-state index in [0.717, 1.165) is 37.7 Å². The minimum atomic E-state index is -0.305. The van der Waals surface area contributed by atoms with Gasteiger partial charge in [0.25, 0.3) is 5.56 Å². The summed E-state index contributed by atoms with van der Waals surface area (Å²) in [6.07, 6.45) is 0.860. The number of aliphatic hydroxyl groups is 1. The molecule has 0 amide bonds. The fraction of sp³-hybridized carbons (Fsp3) is 0.476. The molecule has 3 atom stereocenters. The van der Waals surface area contributed by atoms with E-state index in [1.165, 1.54) is 17.7 Å². The van der Waals surface area contributed by atoms with Crippen LogP contribution >= 0.6 is 11.8 Å². The topological polar surface area (TPSA) is 45.5 Å². The van der Waals surface area contributed by atoms with Gasteiger partial charge < -0.3 is 9.67 Å². The van der Waals surface area contributed by atoms with Crippen molar-refractivity contribution in [3.63, 3.8) is 0 Å². The van der Waals surface area contributed by atoms with Crippen LogP contribution in [0.4, 0.5) is 0 Å². The number of benzene rings is 1. The van der Waals surface area contributed by atoms with Crippen LogP contribution in [0.25, 0.3) is 0 Å². The van der Waals surface area contributed by atoms with E-state index in [4.69, 9.17) is 0 Å². The molecular weight excluding hydrogens is 344 g/mol. The van der Waals surface area contributed by atoms with Crippen LogP contribution in [-0.4, -0.2) is 46.1 Å². The summed E-state index contributed by atoms with van der Waals surface area (Å²) >= 11 is 1.79. The highest BCUT2D eigenvalue weighted by atomic mass is 32.2. The molecule has 3 heterocycles. The Morgan fingerprint density at radius 1 is 1.08 bits per heavy atom. The van der Waals surface area contributed by atoms with Gasteiger partial charge in [0.1, 0.15) is 0 Å². The van der Waals surface area contributed by atoms with Crippen molar-refractivity contribution in [1.29, 1.82) is 0 Å². The van der Waals surface area contributed by atoms with Gasteiger partial charge in [0.15, 0.2) is 0 Å². The number of pyridine rings is 1. The first kappa shape index (κ1) is 17.8. The van der Waals surface area contributed by atoms with Crippen molar-refractivity contribution in [3.8, 4) is 0 Å². The predicted molar refractivity (Wildman–Crippen MR) is 107 cm³/mol. The van der Waals surface area contributed by atoms with Gasteiger partial charge in [-0.1, -0.05) is 36.4 Å². The van der Waals surface area contributed by atoms with Crippen LogP contribution in [0.2, 0.25) is 0 Å². The van der Waals surface area contributed by atoms with Gasteiger partial charge in [0, 0.05) is 55.4 Å². The second kappa shape index (κ2) is 7.99. The number of fused-ring (bicyclic) bond motifs is 4. The summed E-state index contributed by atoms with van der Waals surface area (Å²) in [7, 11) is 0. The molecule has 1 N–H and O–H groups in total. The smallest absolute Gasteiger partial charge is 0.250 e. The molecule has 1 aromatic heterocycles. The lowest BCUT2D eigenvalue weighted by molar-refractivity contribution is 0.0717. The number of likely N-dealkylation sites (tertiary alicyclic amines) is 1. The Kier molecular flexibility index (Phi) is 5.48. The quantitative estimate of drug-likeness (QED) is 0.849. The summed E-state index contributed by atoms with van der Waals surface area (Å²) < 4.78 is 1.96. The first-order valence-electron chi connectivity index (χ1n) is 9.41. The molecule has 138 valence electrons. The molecule has 0 spiro atoms. The molecule has 3 unspecified atom stereocenters. The average molecular weight is 371 g/mol. The molecule has 2 aliphatic heterocycles. The van der Waals surface area contributed by atoms with Crippen molar-refractivity contribution in [2.24, 2.45) is 5.92 Å². The maximum Gasteiger partial charge on any atom is 0.250 e. The molecule has 4 nitrogen and oxygen atoms in total. The van der Waals surface area contributed by atoms with Gasteiger partial charge in [-0.3, -0.25) is 9.69 Å². The highest BCUT2D eigenvalue weighted by molar-refractivity contribution is 7.98. The standard InChI is InChI=1S/C21H26N2O2S/c24-19(15-26-14-16-5-2-1-3-6-16)13-22-10-17-9-18(12-22)20-7-4-8-21(25)23(20)11-17/h1-8,17-19,24H,9-15H2. The molecule has 4 rings (SSSR count). The van der Waals surface area contributed by atoms with E-state index in [0.29, 0.717) is 11.8 Å². The molecule has 2 aliphatic rings. The van der Waals surface area contributed by atoms with Gasteiger partial charge in [0.2, 0.25) is 0 Å². The third-order valence-electron chi connectivity index (χ3n) is 5.45. The molecule has 0 radical (unpaired) electrons. The molecule has 1 aromatic carbocycles. The zero-order valence-corrected chi connectivity index (χ0v) is 15.8. The number of nitrogens with zero attached hydrogens (tertiary/aromatic N) is 2. The first-order chi connectivity index (χ1) is 12.7. The van der Waals surface area contributed by atoms with Crippen LogP contribution in [0, 0.1) is 5.92 Å². The fourth-order valence-electron chi connectivity index (χ4n) is 4.38. The van der Waals surface area contributed by atoms with Crippen LogP contribution < -0.4 is 5.56 Å². The van der Waals surface area contributed by atoms with Crippen LogP contribution in [-0.2, 0) is 12.3 Å². The maximum atomic E-state index is 12.1. The number of thioether (sulfide) groups is 1. The highest BCUT2D eigenvalue weighted by Crippen LogP contribution is 2.34. The van der Waals surface area contributed by atoms with Gasteiger partial charge in [-0.2, -0.15) is 11.8 Å². The van der Waals surface area contributed by atoms with Crippen molar-refractivity contribution in [1.82, 2.24) is 9.47 Å². The monoisotopic (exact) mass is 370 g/mol. The molecule has 0 saturated carbocycles. The van der Waals surface area contributed by atoms with Crippen LogP contribution in [0.3, 0.4) is 0 Å². The van der Waals surface area contributed by atoms with Crippen molar-refractivity contribution >= 4 is 11.8 Å². The van der Waals surface area contributed by atoms with E-state index in [1.807, 2.05) is 16.7 Å². The Bertz CT molecular complexity index is 792. The predicted octanol–water partition coefficient (Wildman–Crippen LogP) is 2.56. The number of piperidine rings is 1. The lowest BCUT2D eigenvalue weighted by Gasteiger charge is -2.43. The van der Waals surface area contributed by atoms with E-state index in [-0.39, 0.29) is 11.7 Å². The summed E-state index contributed by atoms with van der Waals surface area (Å²) in [5.74, 6) is 2.64. The van der Waals surface area contributed by atoms with Crippen LogP contribution in [0.5, 0.6) is 0 Å². The van der Waals surface area contributed by atoms with Gasteiger partial charge in [-0.25, -0.2) is 0 Å². The second-order valence-electron chi connectivity index (χ2n) is 7.57. The van der Waals surface area contributed by atoms with Crippen molar-refractivity contribution in [3.05, 3.63) is 70.1 Å². The minimum absolute atomic E-state index is 0.128. The number of rotatable bonds is 6. The number of hydrogen-bond acceptors (Lipinski definition) is 4. The normalized spacial score (nSPS) is 23.4. The Balaban J connectivity index is 1.30. The SMILES string of the molecule is O=c1cccc2n1CC1CC2CN(CC(O)CSCc2ccccc2)C1. The van der Waals surface area contributed by atoms with Gasteiger partial charge in [0.05, 0.1) is 6.10 Å². The van der Waals surface area contributed by atoms with Crippen molar-refractivity contribution < 1.29 is 5.11 Å². The van der Waals surface area contributed by atoms with Gasteiger partial charge in [-0.05, 0) is 24.0 Å². The zero-order chi connectivity index (χ0) is 17.9. The zero-order valence-electron chi connectivity index (χ0n) is 15.0. The van der Waals surface area contributed by atoms with Gasteiger partial charge >= 0.3 is 0 Å². The van der Waals surface area contributed by atoms with E-state index in [9.17, 15) is 9.90 Å². The fourth-order valence-corrected chi connectivity index (χ4v) is 5.31. The molecule has 5 heteroatoms. The summed E-state index contributed by atoms with van der Waals surface area (Å²) in [6.45, 7) is 3.48. The average Bonchev–Trinajstić information content (AvgIpc) is 2.63. The van der Waals surface area contributed by atoms with Crippen molar-refractivity contribution in [2.45, 2.75) is 30.7 Å². The summed E-state index contributed by atoms with van der Waals surface area (Å²) in [5.41, 5.74) is 2.61. The molecule has 0 aliphatic carbocycles. The number of β-amino-alcohol motifs (C(OH)–C–C–N with tert-alkyl or cyclic N) is 1. The van der Waals surface area contributed by atoms with Crippen molar-refractivity contribution in [2.75, 3.05) is 25.4 Å². The third-order valence-corrected chi connectivity index (χ3v) is 6.60. The maximum absolute atomic E-state index is 12.1. The first-order valence-corrected chi connectivity index (χ1v) is 10.6. The number of aromatic nitrogens is 1. The van der Waals surface area contributed by atoms with E-state index in [2.05, 4.69) is 35.2 Å². The second-order valence-corrected chi connectivity index (χ2v) is 8.60. The Labute approximate surface area is 158 Å². The molecular formula is C21H26N2O2S. The largest absolute Gasteiger partial charge is 0.391 e. The Morgan fingerprint density at radius 3 is 2.77 bits per heavy atom.